The Balaban J connectivity index is 2.25. The van der Waals surface area contributed by atoms with E-state index >= 15 is 0 Å². The van der Waals surface area contributed by atoms with Gasteiger partial charge in [0.1, 0.15) is 5.76 Å². The van der Waals surface area contributed by atoms with Crippen molar-refractivity contribution in [3.63, 3.8) is 0 Å². The molecule has 0 radical (unpaired) electrons. The zero-order chi connectivity index (χ0) is 20.8. The fourth-order valence-electron chi connectivity index (χ4n) is 4.25. The monoisotopic (exact) mass is 389 g/mol. The van der Waals surface area contributed by atoms with Crippen molar-refractivity contribution in [3.05, 3.63) is 87.6 Å². The van der Waals surface area contributed by atoms with Crippen LogP contribution in [0.1, 0.15) is 73.5 Å². The minimum Gasteiger partial charge on any atom is -0.428 e. The highest BCUT2D eigenvalue weighted by atomic mass is 16.4. The topological polar surface area (TPSA) is 46.0 Å². The first-order valence-electron chi connectivity index (χ1n) is 10.6. The van der Waals surface area contributed by atoms with Crippen molar-refractivity contribution in [1.82, 2.24) is 4.98 Å². The van der Waals surface area contributed by atoms with Gasteiger partial charge < -0.3 is 9.40 Å². The summed E-state index contributed by atoms with van der Waals surface area (Å²) in [6.45, 7) is 10.2. The van der Waals surface area contributed by atoms with Crippen LogP contribution in [0.3, 0.4) is 0 Å². The number of aryl methyl sites for hydroxylation is 2. The van der Waals surface area contributed by atoms with E-state index in [1.165, 1.54) is 16.5 Å². The van der Waals surface area contributed by atoms with E-state index in [1.54, 1.807) is 6.07 Å². The lowest BCUT2D eigenvalue weighted by Gasteiger charge is -2.22. The van der Waals surface area contributed by atoms with E-state index in [2.05, 4.69) is 55.0 Å². The van der Waals surface area contributed by atoms with Crippen LogP contribution in [-0.4, -0.2) is 4.98 Å². The number of benzene rings is 1. The third kappa shape index (κ3) is 4.45. The third-order valence-electron chi connectivity index (χ3n) is 5.54. The molecule has 0 spiro atoms. The van der Waals surface area contributed by atoms with Crippen molar-refractivity contribution in [2.75, 3.05) is 0 Å². The number of unbranched alkanes of at least 4 members (excludes halogenated alkanes) is 1. The molecular formula is C26H31NO2. The van der Waals surface area contributed by atoms with Gasteiger partial charge in [-0.15, -0.1) is 6.58 Å². The number of aromatic amines is 1. The Morgan fingerprint density at radius 1 is 1.31 bits per heavy atom. The number of hydrogen-bond acceptors (Lipinski definition) is 2. The van der Waals surface area contributed by atoms with Gasteiger partial charge >= 0.3 is 5.63 Å². The van der Waals surface area contributed by atoms with Crippen molar-refractivity contribution in [1.29, 1.82) is 0 Å². The minimum atomic E-state index is -0.256. The molecule has 0 aliphatic rings. The van der Waals surface area contributed by atoms with Gasteiger partial charge in [-0.2, -0.15) is 0 Å². The maximum Gasteiger partial charge on any atom is 0.336 e. The normalized spacial score (nSPS) is 12.7. The SMILES string of the molecule is C=CCCC(c1c(C)cc(=O)oc1CCCC)c1c[nH]c2cccc(/C=C\C)c12. The number of hydrogen-bond donors (Lipinski definition) is 1. The molecular weight excluding hydrogens is 358 g/mol. The van der Waals surface area contributed by atoms with E-state index in [9.17, 15) is 4.79 Å². The molecule has 1 aromatic carbocycles. The summed E-state index contributed by atoms with van der Waals surface area (Å²) in [6.07, 6.45) is 13.0. The minimum absolute atomic E-state index is 0.143. The van der Waals surface area contributed by atoms with Crippen LogP contribution in [0, 0.1) is 6.92 Å². The number of allylic oxidation sites excluding steroid dienone is 2. The van der Waals surface area contributed by atoms with Gasteiger partial charge in [-0.3, -0.25) is 0 Å². The molecule has 2 heterocycles. The number of fused-ring (bicyclic) bond motifs is 1. The summed E-state index contributed by atoms with van der Waals surface area (Å²) in [5, 5.41) is 1.24. The standard InChI is InChI=1S/C26H31NO2/c1-5-8-13-20(25-18(4)16-24(28)29-23(25)15-9-6-2)21-17-27-22-14-10-12-19(11-7-3)26(21)22/h5,7,10-12,14,16-17,20,27H,1,6,8-9,13,15H2,2-4H3/b11-7-. The Morgan fingerprint density at radius 2 is 2.14 bits per heavy atom. The molecule has 3 rings (SSSR count). The predicted molar refractivity (Wildman–Crippen MR) is 123 cm³/mol. The Labute approximate surface area is 173 Å². The fourth-order valence-corrected chi connectivity index (χ4v) is 4.25. The van der Waals surface area contributed by atoms with Gasteiger partial charge in [0.15, 0.2) is 0 Å². The lowest BCUT2D eigenvalue weighted by atomic mass is 9.83. The lowest BCUT2D eigenvalue weighted by Crippen LogP contribution is -2.12. The molecule has 0 fully saturated rings. The number of rotatable bonds is 9. The summed E-state index contributed by atoms with van der Waals surface area (Å²) in [4.78, 5) is 15.6. The van der Waals surface area contributed by atoms with E-state index in [4.69, 9.17) is 4.42 Å². The van der Waals surface area contributed by atoms with Crippen LogP contribution in [0.5, 0.6) is 0 Å². The average molecular weight is 390 g/mol. The molecule has 1 atom stereocenters. The van der Waals surface area contributed by atoms with Gasteiger partial charge in [0, 0.05) is 41.1 Å². The molecule has 0 saturated carbocycles. The van der Waals surface area contributed by atoms with Crippen LogP contribution in [0.25, 0.3) is 17.0 Å². The van der Waals surface area contributed by atoms with Crippen molar-refractivity contribution in [2.45, 2.75) is 58.8 Å². The van der Waals surface area contributed by atoms with Gasteiger partial charge in [0.05, 0.1) is 0 Å². The van der Waals surface area contributed by atoms with Crippen molar-refractivity contribution in [2.24, 2.45) is 0 Å². The molecule has 0 aliphatic heterocycles. The summed E-state index contributed by atoms with van der Waals surface area (Å²) in [5.74, 6) is 0.980. The van der Waals surface area contributed by atoms with Crippen LogP contribution >= 0.6 is 0 Å². The van der Waals surface area contributed by atoms with Crippen LogP contribution in [-0.2, 0) is 6.42 Å². The lowest BCUT2D eigenvalue weighted by molar-refractivity contribution is 0.438. The molecule has 3 heteroatoms. The molecule has 3 aromatic rings. The molecule has 0 saturated heterocycles. The highest BCUT2D eigenvalue weighted by Gasteiger charge is 2.24. The number of aromatic nitrogens is 1. The third-order valence-corrected chi connectivity index (χ3v) is 5.54. The van der Waals surface area contributed by atoms with Crippen LogP contribution < -0.4 is 5.63 Å². The fraction of sp³-hybridized carbons (Fsp3) is 0.346. The van der Waals surface area contributed by atoms with Gasteiger partial charge in [0.25, 0.3) is 0 Å². The Hall–Kier alpha value is -2.81. The zero-order valence-corrected chi connectivity index (χ0v) is 17.8. The second kappa shape index (κ2) is 9.60. The first-order valence-corrected chi connectivity index (χ1v) is 10.6. The smallest absolute Gasteiger partial charge is 0.336 e. The summed E-state index contributed by atoms with van der Waals surface area (Å²) < 4.78 is 5.73. The zero-order valence-electron chi connectivity index (χ0n) is 17.8. The first kappa shape index (κ1) is 20.9. The molecule has 0 amide bonds. The average Bonchev–Trinajstić information content (AvgIpc) is 3.13. The summed E-state index contributed by atoms with van der Waals surface area (Å²) in [5.41, 5.74) is 5.51. The summed E-state index contributed by atoms with van der Waals surface area (Å²) in [7, 11) is 0. The van der Waals surface area contributed by atoms with E-state index < -0.39 is 0 Å². The second-order valence-electron chi connectivity index (χ2n) is 7.62. The molecule has 1 unspecified atom stereocenters. The largest absolute Gasteiger partial charge is 0.428 e. The maximum absolute atomic E-state index is 12.1. The maximum atomic E-state index is 12.1. The Morgan fingerprint density at radius 3 is 2.86 bits per heavy atom. The van der Waals surface area contributed by atoms with E-state index in [0.29, 0.717) is 0 Å². The molecule has 3 nitrogen and oxygen atoms in total. The van der Waals surface area contributed by atoms with E-state index in [-0.39, 0.29) is 11.5 Å². The highest BCUT2D eigenvalue weighted by Crippen LogP contribution is 2.39. The summed E-state index contributed by atoms with van der Waals surface area (Å²) >= 11 is 0. The predicted octanol–water partition coefficient (Wildman–Crippen LogP) is 6.90. The molecule has 0 bridgehead atoms. The second-order valence-corrected chi connectivity index (χ2v) is 7.62. The van der Waals surface area contributed by atoms with Crippen molar-refractivity contribution < 1.29 is 4.42 Å². The van der Waals surface area contributed by atoms with Crippen LogP contribution in [0.4, 0.5) is 0 Å². The van der Waals surface area contributed by atoms with Gasteiger partial charge in [-0.05, 0) is 55.9 Å². The van der Waals surface area contributed by atoms with Crippen molar-refractivity contribution >= 4 is 17.0 Å². The first-order chi connectivity index (χ1) is 14.1. The number of H-pyrrole nitrogens is 1. The van der Waals surface area contributed by atoms with Crippen LogP contribution in [0.15, 0.2) is 58.4 Å². The molecule has 0 aliphatic carbocycles. The molecule has 152 valence electrons. The molecule has 1 N–H and O–H groups in total. The van der Waals surface area contributed by atoms with Gasteiger partial charge in [-0.1, -0.05) is 43.7 Å². The molecule has 2 aromatic heterocycles. The summed E-state index contributed by atoms with van der Waals surface area (Å²) in [6, 6.07) is 7.98. The van der Waals surface area contributed by atoms with E-state index in [1.807, 2.05) is 19.9 Å². The van der Waals surface area contributed by atoms with E-state index in [0.717, 1.165) is 54.5 Å². The molecule has 29 heavy (non-hydrogen) atoms. The van der Waals surface area contributed by atoms with Gasteiger partial charge in [0.2, 0.25) is 0 Å². The highest BCUT2D eigenvalue weighted by molar-refractivity contribution is 5.92. The van der Waals surface area contributed by atoms with Gasteiger partial charge in [-0.25, -0.2) is 4.79 Å². The Kier molecular flexibility index (Phi) is 6.92. The van der Waals surface area contributed by atoms with Crippen molar-refractivity contribution in [3.8, 4) is 0 Å². The quantitative estimate of drug-likeness (QED) is 0.404. The Bertz CT molecular complexity index is 1070. The number of nitrogens with one attached hydrogen (secondary N) is 1. The van der Waals surface area contributed by atoms with Crippen LogP contribution in [0.2, 0.25) is 0 Å².